The van der Waals surface area contributed by atoms with Crippen LogP contribution in [-0.4, -0.2) is 71.7 Å². The third-order valence-electron chi connectivity index (χ3n) is 13.5. The van der Waals surface area contributed by atoms with E-state index >= 15 is 0 Å². The quantitative estimate of drug-likeness (QED) is 0.0194. The van der Waals surface area contributed by atoms with Gasteiger partial charge in [0, 0.05) is 43.1 Å². The zero-order valence-electron chi connectivity index (χ0n) is 42.4. The molecular formula is C60H59N4O9P. The van der Waals surface area contributed by atoms with Gasteiger partial charge in [0.1, 0.15) is 35.0 Å². The number of methoxy groups -OCH3 is 2. The second-order valence-corrected chi connectivity index (χ2v) is 20.2. The van der Waals surface area contributed by atoms with Crippen molar-refractivity contribution in [1.82, 2.24) is 14.2 Å². The summed E-state index contributed by atoms with van der Waals surface area (Å²) in [6.07, 6.45) is -0.418. The maximum atomic E-state index is 13.8. The number of benzene rings is 7. The largest absolute Gasteiger partial charge is 0.497 e. The van der Waals surface area contributed by atoms with Gasteiger partial charge in [-0.05, 0) is 101 Å². The summed E-state index contributed by atoms with van der Waals surface area (Å²) < 4.78 is 42.2. The monoisotopic (exact) mass is 1010 g/mol. The maximum Gasteiger partial charge on any atom is 0.330 e. The molecular weight excluding hydrogens is 952 g/mol. The molecule has 1 aliphatic rings. The van der Waals surface area contributed by atoms with Crippen molar-refractivity contribution in [3.63, 3.8) is 0 Å². The molecule has 1 fully saturated rings. The Balaban J connectivity index is 1.03. The van der Waals surface area contributed by atoms with Crippen LogP contribution >= 0.6 is 8.53 Å². The zero-order chi connectivity index (χ0) is 51.9. The molecule has 2 heterocycles. The van der Waals surface area contributed by atoms with E-state index in [1.807, 2.05) is 103 Å². The van der Waals surface area contributed by atoms with Gasteiger partial charge in [0.25, 0.3) is 14.1 Å². The summed E-state index contributed by atoms with van der Waals surface area (Å²) in [6.45, 7) is 8.35. The van der Waals surface area contributed by atoms with Crippen LogP contribution in [0.3, 0.4) is 0 Å². The van der Waals surface area contributed by atoms with Crippen LogP contribution in [-0.2, 0) is 24.1 Å². The van der Waals surface area contributed by atoms with Crippen LogP contribution in [0, 0.1) is 23.2 Å². The molecule has 0 saturated carbocycles. The third kappa shape index (κ3) is 10.6. The number of ketones is 1. The molecule has 1 unspecified atom stereocenters. The Morgan fingerprint density at radius 3 is 2.01 bits per heavy atom. The molecule has 8 aromatic rings. The van der Waals surface area contributed by atoms with E-state index in [1.165, 1.54) is 10.8 Å². The number of carbonyl (C=O) groups excluding carboxylic acids is 1. The second kappa shape index (κ2) is 22.9. The van der Waals surface area contributed by atoms with Crippen LogP contribution in [0.4, 0.5) is 0 Å². The normalized spacial score (nSPS) is 16.2. The first kappa shape index (κ1) is 51.7. The van der Waals surface area contributed by atoms with Crippen LogP contribution in [0.15, 0.2) is 149 Å². The lowest BCUT2D eigenvalue weighted by molar-refractivity contribution is -0.0925. The van der Waals surface area contributed by atoms with E-state index in [-0.39, 0.29) is 62.3 Å². The lowest BCUT2D eigenvalue weighted by atomic mass is 9.80. The Bertz CT molecular complexity index is 3400. The van der Waals surface area contributed by atoms with Crippen molar-refractivity contribution in [1.29, 1.82) is 5.26 Å². The average molecular weight is 1010 g/mol. The molecule has 0 amide bonds. The molecule has 1 saturated heterocycles. The molecule has 9 rings (SSSR count). The predicted octanol–water partition coefficient (Wildman–Crippen LogP) is 11.4. The Hall–Kier alpha value is -7.19. The molecule has 378 valence electrons. The van der Waals surface area contributed by atoms with E-state index < -0.39 is 43.8 Å². The van der Waals surface area contributed by atoms with Crippen LogP contribution in [0.1, 0.15) is 92.2 Å². The van der Waals surface area contributed by atoms with E-state index in [2.05, 4.69) is 85.6 Å². The standard InChI is InChI=1S/C60H59N4O9P/c1-39(2)64(40(3)4)74(71-35-13-34-61)73-53-36-55(72-54(53)38-70-60(45-17-8-7-9-18-45,46-24-28-48(68-5)29-25-46)47-26-30-49(69-6)31-27-47)63-37-44(58(66)62-59(63)67)14-10-11-19-52(65)50-32-22-43-21-20-41-15-12-16-42-23-33-51(50)57(43)56(41)42/h7-9,12,15-18,20-33,37,39-40,53-55H,11,13,19,35-36,38H2,1-6H3,(H,62,66,67)/t53-,54+,55+,74?/m0/s1. The number of aromatic nitrogens is 2. The van der Waals surface area contributed by atoms with Gasteiger partial charge in [-0.15, -0.1) is 0 Å². The molecule has 0 aliphatic carbocycles. The molecule has 1 N–H and O–H groups in total. The van der Waals surface area contributed by atoms with Gasteiger partial charge in [-0.25, -0.2) is 9.46 Å². The number of nitrogens with zero attached hydrogens (tertiary/aromatic N) is 3. The number of hydrogen-bond donors (Lipinski definition) is 1. The summed E-state index contributed by atoms with van der Waals surface area (Å²) in [5.41, 5.74) is 0.566. The van der Waals surface area contributed by atoms with Crippen LogP contribution < -0.4 is 20.7 Å². The van der Waals surface area contributed by atoms with Crippen LogP contribution in [0.2, 0.25) is 0 Å². The number of nitriles is 1. The van der Waals surface area contributed by atoms with Crippen LogP contribution in [0.25, 0.3) is 32.3 Å². The summed E-state index contributed by atoms with van der Waals surface area (Å²) in [4.78, 5) is 43.5. The highest BCUT2D eigenvalue weighted by Gasteiger charge is 2.45. The van der Waals surface area contributed by atoms with Gasteiger partial charge in [0.15, 0.2) is 5.78 Å². The molecule has 4 atom stereocenters. The van der Waals surface area contributed by atoms with Gasteiger partial charge < -0.3 is 28.0 Å². The van der Waals surface area contributed by atoms with E-state index in [0.29, 0.717) is 17.1 Å². The fourth-order valence-corrected chi connectivity index (χ4v) is 11.8. The first-order valence-electron chi connectivity index (χ1n) is 24.9. The van der Waals surface area contributed by atoms with E-state index in [1.54, 1.807) is 14.2 Å². The lowest BCUT2D eigenvalue weighted by Gasteiger charge is -2.39. The first-order chi connectivity index (χ1) is 35.9. The fourth-order valence-electron chi connectivity index (χ4n) is 10.1. The minimum absolute atomic E-state index is 0.00554. The van der Waals surface area contributed by atoms with Gasteiger partial charge in [0.2, 0.25) is 0 Å². The SMILES string of the molecule is COc1ccc(C(OC[C@H]2O[C@@H](n3cc(C#CCCC(=O)c4ccc5ccc6cccc7ccc4c5c67)c(=O)[nH]c3=O)C[C@@H]2OP(OCCC#N)N(C(C)C)C(C)C)(c2ccccc2)c2ccc(OC)cc2)cc1. The molecule has 74 heavy (non-hydrogen) atoms. The number of H-pyrrole nitrogens is 1. The molecule has 7 aromatic carbocycles. The number of nitrogens with one attached hydrogen (secondary N) is 1. The summed E-state index contributed by atoms with van der Waals surface area (Å²) in [6, 6.07) is 45.8. The highest BCUT2D eigenvalue weighted by Crippen LogP contribution is 2.51. The highest BCUT2D eigenvalue weighted by atomic mass is 31.2. The number of Topliss-reactive ketones (excluding diaryl/α,β-unsaturated/α-hetero) is 1. The molecule has 13 nitrogen and oxygen atoms in total. The van der Waals surface area contributed by atoms with Crippen molar-refractivity contribution in [3.05, 3.63) is 188 Å². The first-order valence-corrected chi connectivity index (χ1v) is 26.0. The minimum atomic E-state index is -1.77. The molecule has 1 aromatic heterocycles. The topological polar surface area (TPSA) is 154 Å². The zero-order valence-corrected chi connectivity index (χ0v) is 43.3. The van der Waals surface area contributed by atoms with Crippen molar-refractivity contribution >= 4 is 46.6 Å². The summed E-state index contributed by atoms with van der Waals surface area (Å²) >= 11 is 0. The van der Waals surface area contributed by atoms with E-state index in [9.17, 15) is 19.6 Å². The second-order valence-electron chi connectivity index (χ2n) is 18.8. The average Bonchev–Trinajstić information content (AvgIpc) is 3.82. The summed E-state index contributed by atoms with van der Waals surface area (Å²) in [5, 5.41) is 15.9. The van der Waals surface area contributed by atoms with Gasteiger partial charge in [-0.3, -0.25) is 19.1 Å². The molecule has 0 radical (unpaired) electrons. The predicted molar refractivity (Wildman–Crippen MR) is 289 cm³/mol. The summed E-state index contributed by atoms with van der Waals surface area (Å²) in [7, 11) is 1.47. The Kier molecular flexibility index (Phi) is 16.0. The smallest absolute Gasteiger partial charge is 0.330 e. The van der Waals surface area contributed by atoms with Crippen LogP contribution in [0.5, 0.6) is 11.5 Å². The van der Waals surface area contributed by atoms with Gasteiger partial charge in [-0.2, -0.15) is 5.26 Å². The maximum absolute atomic E-state index is 13.8. The third-order valence-corrected chi connectivity index (χ3v) is 15.7. The molecule has 0 bridgehead atoms. The van der Waals surface area contributed by atoms with Crippen molar-refractivity contribution in [2.75, 3.05) is 27.4 Å². The van der Waals surface area contributed by atoms with Crippen molar-refractivity contribution in [2.24, 2.45) is 0 Å². The van der Waals surface area contributed by atoms with Gasteiger partial charge in [-0.1, -0.05) is 121 Å². The lowest BCUT2D eigenvalue weighted by Crippen LogP contribution is -2.39. The fraction of sp³-hybridized carbons (Fsp3) is 0.300. The van der Waals surface area contributed by atoms with E-state index in [4.69, 9.17) is 28.0 Å². The summed E-state index contributed by atoms with van der Waals surface area (Å²) in [5.74, 6) is 7.26. The Morgan fingerprint density at radius 2 is 1.39 bits per heavy atom. The number of rotatable bonds is 20. The molecule has 0 spiro atoms. The van der Waals surface area contributed by atoms with Crippen molar-refractivity contribution in [2.45, 2.75) is 89.5 Å². The molecule has 14 heteroatoms. The van der Waals surface area contributed by atoms with Crippen molar-refractivity contribution in [3.8, 4) is 29.4 Å². The van der Waals surface area contributed by atoms with E-state index in [0.717, 1.165) is 49.0 Å². The number of carbonyl (C=O) groups is 1. The number of aromatic amines is 1. The van der Waals surface area contributed by atoms with Gasteiger partial charge in [0.05, 0.1) is 46.0 Å². The number of ether oxygens (including phenoxy) is 4. The van der Waals surface area contributed by atoms with Gasteiger partial charge >= 0.3 is 5.69 Å². The minimum Gasteiger partial charge on any atom is -0.497 e. The Morgan fingerprint density at radius 1 is 0.784 bits per heavy atom. The van der Waals surface area contributed by atoms with Crippen molar-refractivity contribution < 1.29 is 32.8 Å². The Labute approximate surface area is 431 Å². The molecule has 1 aliphatic heterocycles. The highest BCUT2D eigenvalue weighted by molar-refractivity contribution is 7.44. The number of hydrogen-bond acceptors (Lipinski definition) is 11.